The summed E-state index contributed by atoms with van der Waals surface area (Å²) in [5.41, 5.74) is 1.80. The van der Waals surface area contributed by atoms with Crippen LogP contribution in [-0.4, -0.2) is 10.3 Å². The molecule has 94 valence electrons. The van der Waals surface area contributed by atoms with Gasteiger partial charge in [-0.15, -0.1) is 0 Å². The van der Waals surface area contributed by atoms with E-state index in [1.807, 2.05) is 11.9 Å². The average Bonchev–Trinajstić information content (AvgIpc) is 2.22. The molecule has 1 aromatic rings. The van der Waals surface area contributed by atoms with E-state index in [0.717, 1.165) is 6.42 Å². The Balaban J connectivity index is 1.96. The van der Waals surface area contributed by atoms with Gasteiger partial charge in [0.15, 0.2) is 0 Å². The lowest BCUT2D eigenvalue weighted by Crippen LogP contribution is -2.50. The summed E-state index contributed by atoms with van der Waals surface area (Å²) in [5, 5.41) is 0. The van der Waals surface area contributed by atoms with Crippen molar-refractivity contribution in [2.75, 3.05) is 0 Å². The molecule has 0 atom stereocenters. The first-order valence-corrected chi connectivity index (χ1v) is 7.30. The molecule has 0 spiro atoms. The fourth-order valence-electron chi connectivity index (χ4n) is 2.17. The Morgan fingerprint density at radius 1 is 1.18 bits per heavy atom. The van der Waals surface area contributed by atoms with Crippen LogP contribution in [0, 0.1) is 0 Å². The smallest absolute Gasteiger partial charge is 0.0323 e. The van der Waals surface area contributed by atoms with E-state index in [1.54, 1.807) is 0 Å². The van der Waals surface area contributed by atoms with Crippen molar-refractivity contribution in [1.29, 1.82) is 0 Å². The molecule has 0 unspecified atom stereocenters. The highest BCUT2D eigenvalue weighted by atomic mass is 32.2. The Hall–Kier alpha value is -0.470. The van der Waals surface area contributed by atoms with E-state index < -0.39 is 0 Å². The van der Waals surface area contributed by atoms with Gasteiger partial charge in [0.2, 0.25) is 0 Å². The van der Waals surface area contributed by atoms with Crippen LogP contribution in [0.5, 0.6) is 0 Å². The van der Waals surface area contributed by atoms with Crippen molar-refractivity contribution in [3.63, 3.8) is 0 Å². The minimum atomic E-state index is 0.291. The molecule has 1 aliphatic carbocycles. The average molecular weight is 249 g/mol. The minimum absolute atomic E-state index is 0.291. The Bertz CT molecular complexity index is 349. The van der Waals surface area contributed by atoms with Gasteiger partial charge in [-0.2, -0.15) is 0 Å². The monoisotopic (exact) mass is 249 g/mol. The van der Waals surface area contributed by atoms with E-state index in [1.165, 1.54) is 24.8 Å². The van der Waals surface area contributed by atoms with Crippen molar-refractivity contribution in [2.45, 2.75) is 56.7 Å². The maximum atomic E-state index is 3.74. The van der Waals surface area contributed by atoms with E-state index in [-0.39, 0.29) is 0 Å². The van der Waals surface area contributed by atoms with Crippen LogP contribution in [0.2, 0.25) is 0 Å². The summed E-state index contributed by atoms with van der Waals surface area (Å²) in [5.74, 6) is 0. The summed E-state index contributed by atoms with van der Waals surface area (Å²) in [4.78, 5) is 0. The first kappa shape index (κ1) is 13.0. The quantitative estimate of drug-likeness (QED) is 0.803. The predicted octanol–water partition coefficient (Wildman–Crippen LogP) is 4.19. The van der Waals surface area contributed by atoms with Gasteiger partial charge in [-0.1, -0.05) is 42.3 Å². The summed E-state index contributed by atoms with van der Waals surface area (Å²) >= 11 is 1.89. The molecule has 1 N–H and O–H groups in total. The summed E-state index contributed by atoms with van der Waals surface area (Å²) < 4.78 is 4.03. The van der Waals surface area contributed by atoms with Crippen molar-refractivity contribution < 1.29 is 0 Å². The summed E-state index contributed by atoms with van der Waals surface area (Å²) in [6.45, 7) is 6.79. The third-order valence-electron chi connectivity index (χ3n) is 3.27. The minimum Gasteiger partial charge on any atom is -0.257 e. The Labute approximate surface area is 110 Å². The Kier molecular flexibility index (Phi) is 3.84. The molecule has 2 rings (SSSR count). The molecule has 1 aromatic carbocycles. The van der Waals surface area contributed by atoms with Gasteiger partial charge in [-0.25, -0.2) is 0 Å². The fraction of sp³-hybridized carbons (Fsp3) is 0.600. The first-order chi connectivity index (χ1) is 7.99. The largest absolute Gasteiger partial charge is 0.257 e. The lowest BCUT2D eigenvalue weighted by molar-refractivity contribution is 0.225. The second-order valence-corrected chi connectivity index (χ2v) is 7.75. The van der Waals surface area contributed by atoms with Crippen molar-refractivity contribution >= 4 is 11.9 Å². The van der Waals surface area contributed by atoms with Gasteiger partial charge in [0.25, 0.3) is 0 Å². The van der Waals surface area contributed by atoms with Gasteiger partial charge in [-0.3, -0.25) is 4.72 Å². The third-order valence-corrected chi connectivity index (χ3v) is 4.42. The maximum Gasteiger partial charge on any atom is 0.0323 e. The lowest BCUT2D eigenvalue weighted by atomic mass is 9.74. The molecule has 0 aromatic heterocycles. The van der Waals surface area contributed by atoms with E-state index in [4.69, 9.17) is 0 Å². The standard InChI is InChI=1S/C15H23NS/c1-14(2,3)17-16-15(10-7-11-15)12-13-8-5-4-6-9-13/h4-6,8-9,16H,7,10-12H2,1-3H3. The van der Waals surface area contributed by atoms with Crippen LogP contribution in [0.1, 0.15) is 45.6 Å². The summed E-state index contributed by atoms with van der Waals surface area (Å²) in [6.07, 6.45) is 5.15. The van der Waals surface area contributed by atoms with E-state index >= 15 is 0 Å². The molecule has 1 aliphatic rings. The second kappa shape index (κ2) is 5.03. The zero-order chi connectivity index (χ0) is 12.4. The first-order valence-electron chi connectivity index (χ1n) is 6.48. The van der Waals surface area contributed by atoms with Gasteiger partial charge in [0.1, 0.15) is 0 Å². The Morgan fingerprint density at radius 3 is 2.29 bits per heavy atom. The molecular formula is C15H23NS. The van der Waals surface area contributed by atoms with E-state index in [2.05, 4.69) is 55.8 Å². The molecule has 2 heteroatoms. The summed E-state index contributed by atoms with van der Waals surface area (Å²) in [7, 11) is 0. The van der Waals surface area contributed by atoms with Crippen LogP contribution in [0.15, 0.2) is 30.3 Å². The molecule has 0 saturated heterocycles. The lowest BCUT2D eigenvalue weighted by Gasteiger charge is -2.44. The van der Waals surface area contributed by atoms with Crippen LogP contribution in [0.25, 0.3) is 0 Å². The second-order valence-electron chi connectivity index (χ2n) is 6.11. The van der Waals surface area contributed by atoms with Crippen molar-refractivity contribution in [3.8, 4) is 0 Å². The highest BCUT2D eigenvalue weighted by Gasteiger charge is 2.37. The van der Waals surface area contributed by atoms with Gasteiger partial charge in [0, 0.05) is 10.3 Å². The Morgan fingerprint density at radius 2 is 1.82 bits per heavy atom. The predicted molar refractivity (Wildman–Crippen MR) is 77.2 cm³/mol. The zero-order valence-corrected chi connectivity index (χ0v) is 11.9. The molecule has 17 heavy (non-hydrogen) atoms. The molecule has 0 radical (unpaired) electrons. The van der Waals surface area contributed by atoms with E-state index in [9.17, 15) is 0 Å². The highest BCUT2D eigenvalue weighted by Crippen LogP contribution is 2.38. The molecule has 1 nitrogen and oxygen atoms in total. The van der Waals surface area contributed by atoms with Gasteiger partial charge < -0.3 is 0 Å². The number of benzene rings is 1. The molecular weight excluding hydrogens is 226 g/mol. The van der Waals surface area contributed by atoms with E-state index in [0.29, 0.717) is 10.3 Å². The topological polar surface area (TPSA) is 12.0 Å². The van der Waals surface area contributed by atoms with Gasteiger partial charge in [-0.05, 0) is 52.0 Å². The van der Waals surface area contributed by atoms with Crippen LogP contribution in [0.3, 0.4) is 0 Å². The number of hydrogen-bond donors (Lipinski definition) is 1. The zero-order valence-electron chi connectivity index (χ0n) is 11.1. The van der Waals surface area contributed by atoms with Crippen molar-refractivity contribution in [1.82, 2.24) is 4.72 Å². The molecule has 0 aliphatic heterocycles. The fourth-order valence-corrected chi connectivity index (χ4v) is 2.97. The van der Waals surface area contributed by atoms with Crippen LogP contribution in [0.4, 0.5) is 0 Å². The van der Waals surface area contributed by atoms with Gasteiger partial charge >= 0.3 is 0 Å². The number of rotatable bonds is 4. The molecule has 0 amide bonds. The highest BCUT2D eigenvalue weighted by molar-refractivity contribution is 7.98. The molecule has 0 bridgehead atoms. The van der Waals surface area contributed by atoms with Gasteiger partial charge in [0.05, 0.1) is 0 Å². The SMILES string of the molecule is CC(C)(C)SNC1(Cc2ccccc2)CCC1. The molecule has 0 heterocycles. The number of hydrogen-bond acceptors (Lipinski definition) is 2. The van der Waals surface area contributed by atoms with Crippen LogP contribution < -0.4 is 4.72 Å². The maximum absolute atomic E-state index is 3.74. The van der Waals surface area contributed by atoms with Crippen molar-refractivity contribution in [3.05, 3.63) is 35.9 Å². The summed E-state index contributed by atoms with van der Waals surface area (Å²) in [6, 6.07) is 10.8. The third kappa shape index (κ3) is 3.75. The molecule has 1 fully saturated rings. The number of nitrogens with one attached hydrogen (secondary N) is 1. The normalized spacial score (nSPS) is 18.8. The molecule has 1 saturated carbocycles. The van der Waals surface area contributed by atoms with Crippen LogP contribution >= 0.6 is 11.9 Å². The van der Waals surface area contributed by atoms with Crippen molar-refractivity contribution in [2.24, 2.45) is 0 Å². The van der Waals surface area contributed by atoms with Crippen LogP contribution in [-0.2, 0) is 6.42 Å².